The van der Waals surface area contributed by atoms with E-state index in [1.165, 1.54) is 0 Å². The van der Waals surface area contributed by atoms with Crippen molar-refractivity contribution < 1.29 is 9.47 Å². The third kappa shape index (κ3) is 3.11. The summed E-state index contributed by atoms with van der Waals surface area (Å²) in [5, 5.41) is 8.69. The third-order valence-electron chi connectivity index (χ3n) is 1.63. The second-order valence-corrected chi connectivity index (χ2v) is 3.53. The van der Waals surface area contributed by atoms with Crippen LogP contribution in [0.15, 0.2) is 22.7 Å². The Kier molecular flexibility index (Phi) is 4.60. The first-order valence-corrected chi connectivity index (χ1v) is 4.82. The fourth-order valence-electron chi connectivity index (χ4n) is 0.990. The molecular weight excluding hydrogens is 246 g/mol. The van der Waals surface area contributed by atoms with Crippen molar-refractivity contribution in [2.24, 2.45) is 0 Å². The summed E-state index contributed by atoms with van der Waals surface area (Å²) < 4.78 is 10.9. The van der Waals surface area contributed by atoms with Crippen LogP contribution in [0, 0.1) is 11.3 Å². The molecule has 0 bridgehead atoms. The summed E-state index contributed by atoms with van der Waals surface area (Å²) in [5.41, 5.74) is 1.57. The Balaban J connectivity index is 2.70. The van der Waals surface area contributed by atoms with Crippen LogP contribution in [0.4, 0.5) is 0 Å². The van der Waals surface area contributed by atoms with Crippen molar-refractivity contribution in [3.8, 4) is 6.07 Å². The first-order valence-electron chi connectivity index (χ1n) is 4.03. The van der Waals surface area contributed by atoms with Crippen LogP contribution in [0.25, 0.3) is 0 Å². The van der Waals surface area contributed by atoms with Crippen molar-refractivity contribution in [1.82, 2.24) is 0 Å². The molecule has 0 aromatic heterocycles. The van der Waals surface area contributed by atoms with Gasteiger partial charge in [-0.3, -0.25) is 0 Å². The standard InChI is InChI=1S/C10H10BrNO2/c1-13-7-14-6-9-4-8(5-12)2-3-10(9)11/h2-4H,6-7H2,1H3. The van der Waals surface area contributed by atoms with Gasteiger partial charge in [0.2, 0.25) is 0 Å². The highest BCUT2D eigenvalue weighted by atomic mass is 79.9. The average Bonchev–Trinajstić information content (AvgIpc) is 2.21. The predicted octanol–water partition coefficient (Wildman–Crippen LogP) is 2.44. The van der Waals surface area contributed by atoms with Crippen LogP contribution in [0.5, 0.6) is 0 Å². The summed E-state index contributed by atoms with van der Waals surface area (Å²) in [6, 6.07) is 7.46. The Morgan fingerprint density at radius 1 is 1.50 bits per heavy atom. The highest BCUT2D eigenvalue weighted by Crippen LogP contribution is 2.18. The molecule has 74 valence electrons. The average molecular weight is 256 g/mol. The Bertz CT molecular complexity index is 346. The fourth-order valence-corrected chi connectivity index (χ4v) is 1.35. The Hall–Kier alpha value is -0.890. The van der Waals surface area contributed by atoms with Crippen molar-refractivity contribution in [2.75, 3.05) is 13.9 Å². The monoisotopic (exact) mass is 255 g/mol. The van der Waals surface area contributed by atoms with E-state index in [4.69, 9.17) is 14.7 Å². The third-order valence-corrected chi connectivity index (χ3v) is 2.41. The fraction of sp³-hybridized carbons (Fsp3) is 0.300. The van der Waals surface area contributed by atoms with E-state index in [0.717, 1.165) is 10.0 Å². The second-order valence-electron chi connectivity index (χ2n) is 2.67. The van der Waals surface area contributed by atoms with Gasteiger partial charge in [-0.15, -0.1) is 0 Å². The maximum atomic E-state index is 8.69. The smallest absolute Gasteiger partial charge is 0.146 e. The van der Waals surface area contributed by atoms with Crippen LogP contribution < -0.4 is 0 Å². The Labute approximate surface area is 91.4 Å². The largest absolute Gasteiger partial charge is 0.359 e. The molecule has 0 spiro atoms. The van der Waals surface area contributed by atoms with E-state index in [2.05, 4.69) is 22.0 Å². The lowest BCUT2D eigenvalue weighted by molar-refractivity contribution is -0.0392. The molecule has 0 aliphatic rings. The van der Waals surface area contributed by atoms with Gasteiger partial charge in [0, 0.05) is 11.6 Å². The van der Waals surface area contributed by atoms with E-state index in [0.29, 0.717) is 12.2 Å². The first-order chi connectivity index (χ1) is 6.77. The summed E-state index contributed by atoms with van der Waals surface area (Å²) >= 11 is 3.38. The van der Waals surface area contributed by atoms with E-state index < -0.39 is 0 Å². The molecule has 0 aliphatic heterocycles. The molecule has 1 aromatic rings. The van der Waals surface area contributed by atoms with E-state index in [1.807, 2.05) is 6.07 Å². The number of nitriles is 1. The molecule has 0 radical (unpaired) electrons. The normalized spacial score (nSPS) is 9.79. The molecule has 1 rings (SSSR count). The summed E-state index contributed by atoms with van der Waals surface area (Å²) in [6.07, 6.45) is 0. The maximum Gasteiger partial charge on any atom is 0.146 e. The molecule has 0 saturated heterocycles. The number of hydrogen-bond donors (Lipinski definition) is 0. The summed E-state index contributed by atoms with van der Waals surface area (Å²) in [4.78, 5) is 0. The molecular formula is C10H10BrNO2. The zero-order chi connectivity index (χ0) is 10.4. The zero-order valence-corrected chi connectivity index (χ0v) is 9.37. The van der Waals surface area contributed by atoms with Gasteiger partial charge in [-0.1, -0.05) is 15.9 Å². The molecule has 0 unspecified atom stereocenters. The van der Waals surface area contributed by atoms with Crippen LogP contribution in [-0.2, 0) is 16.1 Å². The molecule has 1 aromatic carbocycles. The lowest BCUT2D eigenvalue weighted by Crippen LogP contribution is -1.98. The summed E-state index contributed by atoms with van der Waals surface area (Å²) in [5.74, 6) is 0. The van der Waals surface area contributed by atoms with Gasteiger partial charge in [-0.25, -0.2) is 0 Å². The van der Waals surface area contributed by atoms with Gasteiger partial charge in [0.05, 0.1) is 18.2 Å². The van der Waals surface area contributed by atoms with Crippen molar-refractivity contribution in [3.63, 3.8) is 0 Å². The van der Waals surface area contributed by atoms with Gasteiger partial charge in [-0.05, 0) is 23.8 Å². The van der Waals surface area contributed by atoms with Gasteiger partial charge in [0.25, 0.3) is 0 Å². The lowest BCUT2D eigenvalue weighted by Gasteiger charge is -2.05. The van der Waals surface area contributed by atoms with Crippen LogP contribution in [0.2, 0.25) is 0 Å². The highest BCUT2D eigenvalue weighted by molar-refractivity contribution is 9.10. The van der Waals surface area contributed by atoms with Crippen LogP contribution in [-0.4, -0.2) is 13.9 Å². The number of benzene rings is 1. The molecule has 3 nitrogen and oxygen atoms in total. The van der Waals surface area contributed by atoms with E-state index in [-0.39, 0.29) is 6.79 Å². The molecule has 0 amide bonds. The number of nitrogens with zero attached hydrogens (tertiary/aromatic N) is 1. The SMILES string of the molecule is COCOCc1cc(C#N)ccc1Br. The predicted molar refractivity (Wildman–Crippen MR) is 55.5 cm³/mol. The Morgan fingerprint density at radius 2 is 2.29 bits per heavy atom. The molecule has 0 heterocycles. The van der Waals surface area contributed by atoms with Crippen LogP contribution >= 0.6 is 15.9 Å². The van der Waals surface area contributed by atoms with Crippen molar-refractivity contribution in [3.05, 3.63) is 33.8 Å². The maximum absolute atomic E-state index is 8.69. The van der Waals surface area contributed by atoms with Crippen molar-refractivity contribution >= 4 is 15.9 Å². The molecule has 0 saturated carbocycles. The van der Waals surface area contributed by atoms with Gasteiger partial charge < -0.3 is 9.47 Å². The quantitative estimate of drug-likeness (QED) is 0.613. The van der Waals surface area contributed by atoms with E-state index in [1.54, 1.807) is 19.2 Å². The Morgan fingerprint density at radius 3 is 2.93 bits per heavy atom. The number of ether oxygens (including phenoxy) is 2. The molecule has 14 heavy (non-hydrogen) atoms. The van der Waals surface area contributed by atoms with Gasteiger partial charge in [0.15, 0.2) is 0 Å². The highest BCUT2D eigenvalue weighted by Gasteiger charge is 2.01. The van der Waals surface area contributed by atoms with E-state index >= 15 is 0 Å². The number of rotatable bonds is 4. The van der Waals surface area contributed by atoms with Crippen molar-refractivity contribution in [2.45, 2.75) is 6.61 Å². The minimum Gasteiger partial charge on any atom is -0.359 e. The van der Waals surface area contributed by atoms with Crippen molar-refractivity contribution in [1.29, 1.82) is 5.26 Å². The number of hydrogen-bond acceptors (Lipinski definition) is 3. The van der Waals surface area contributed by atoms with Gasteiger partial charge in [0.1, 0.15) is 6.79 Å². The number of halogens is 1. The molecule has 0 N–H and O–H groups in total. The van der Waals surface area contributed by atoms with Gasteiger partial charge >= 0.3 is 0 Å². The summed E-state index contributed by atoms with van der Waals surface area (Å²) in [6.45, 7) is 0.688. The minimum atomic E-state index is 0.253. The molecule has 4 heteroatoms. The molecule has 0 aliphatic carbocycles. The van der Waals surface area contributed by atoms with Crippen LogP contribution in [0.1, 0.15) is 11.1 Å². The zero-order valence-electron chi connectivity index (χ0n) is 7.79. The topological polar surface area (TPSA) is 42.2 Å². The minimum absolute atomic E-state index is 0.253. The molecule has 0 atom stereocenters. The summed E-state index contributed by atoms with van der Waals surface area (Å²) in [7, 11) is 1.57. The van der Waals surface area contributed by atoms with E-state index in [9.17, 15) is 0 Å². The van der Waals surface area contributed by atoms with Gasteiger partial charge in [-0.2, -0.15) is 5.26 Å². The first kappa shape index (κ1) is 11.2. The second kappa shape index (κ2) is 5.76. The lowest BCUT2D eigenvalue weighted by atomic mass is 10.1. The molecule has 0 fully saturated rings. The number of methoxy groups -OCH3 is 1. The van der Waals surface area contributed by atoms with Crippen LogP contribution in [0.3, 0.4) is 0 Å².